The van der Waals surface area contributed by atoms with Crippen LogP contribution >= 0.6 is 0 Å². The van der Waals surface area contributed by atoms with Crippen LogP contribution in [0, 0.1) is 5.92 Å². The molecule has 0 aromatic heterocycles. The SMILES string of the molecule is C=CCOCC(CCCO)COCC=C. The molecule has 3 heteroatoms. The van der Waals surface area contributed by atoms with E-state index in [4.69, 9.17) is 14.6 Å². The van der Waals surface area contributed by atoms with Crippen LogP contribution in [0.25, 0.3) is 0 Å². The highest BCUT2D eigenvalue weighted by molar-refractivity contribution is 4.67. The second-order valence-electron chi connectivity index (χ2n) is 3.38. The average Bonchev–Trinajstić information content (AvgIpc) is 2.25. The second-order valence-corrected chi connectivity index (χ2v) is 3.38. The predicted molar refractivity (Wildman–Crippen MR) is 61.8 cm³/mol. The van der Waals surface area contributed by atoms with Crippen molar-refractivity contribution in [3.05, 3.63) is 25.3 Å². The highest BCUT2D eigenvalue weighted by atomic mass is 16.5. The molecular weight excluding hydrogens is 192 g/mol. The van der Waals surface area contributed by atoms with E-state index in [2.05, 4.69) is 13.2 Å². The quantitative estimate of drug-likeness (QED) is 0.421. The van der Waals surface area contributed by atoms with Crippen LogP contribution in [0.4, 0.5) is 0 Å². The van der Waals surface area contributed by atoms with Gasteiger partial charge in [0.15, 0.2) is 0 Å². The molecule has 0 aliphatic heterocycles. The lowest BCUT2D eigenvalue weighted by molar-refractivity contribution is 0.0521. The third-order valence-corrected chi connectivity index (χ3v) is 1.95. The molecule has 0 aromatic rings. The van der Waals surface area contributed by atoms with Gasteiger partial charge in [-0.15, -0.1) is 13.2 Å². The standard InChI is InChI=1S/C12H22O3/c1-3-8-14-10-12(6-5-7-13)11-15-9-4-2/h3-4,12-13H,1-2,5-11H2. The molecule has 0 saturated carbocycles. The van der Waals surface area contributed by atoms with Gasteiger partial charge in [-0.05, 0) is 12.8 Å². The Hall–Kier alpha value is -0.640. The Kier molecular flexibility index (Phi) is 10.9. The van der Waals surface area contributed by atoms with Gasteiger partial charge in [0.05, 0.1) is 26.4 Å². The second kappa shape index (κ2) is 11.4. The Bertz CT molecular complexity index is 143. The van der Waals surface area contributed by atoms with Crippen molar-refractivity contribution in [1.29, 1.82) is 0 Å². The summed E-state index contributed by atoms with van der Waals surface area (Å²) in [4.78, 5) is 0. The lowest BCUT2D eigenvalue weighted by atomic mass is 10.1. The van der Waals surface area contributed by atoms with Crippen molar-refractivity contribution in [2.45, 2.75) is 12.8 Å². The third-order valence-electron chi connectivity index (χ3n) is 1.95. The van der Waals surface area contributed by atoms with Crippen LogP contribution in [0.15, 0.2) is 25.3 Å². The Morgan fingerprint density at radius 1 is 1.07 bits per heavy atom. The summed E-state index contributed by atoms with van der Waals surface area (Å²) in [6.45, 7) is 9.84. The maximum atomic E-state index is 8.74. The van der Waals surface area contributed by atoms with Gasteiger partial charge in [-0.2, -0.15) is 0 Å². The van der Waals surface area contributed by atoms with E-state index in [9.17, 15) is 0 Å². The minimum Gasteiger partial charge on any atom is -0.396 e. The highest BCUT2D eigenvalue weighted by Crippen LogP contribution is 2.07. The predicted octanol–water partition coefficient (Wildman–Crippen LogP) is 1.78. The van der Waals surface area contributed by atoms with Crippen molar-refractivity contribution < 1.29 is 14.6 Å². The minimum atomic E-state index is 0.222. The van der Waals surface area contributed by atoms with Crippen LogP contribution in [-0.2, 0) is 9.47 Å². The molecule has 1 N–H and O–H groups in total. The number of hydrogen-bond donors (Lipinski definition) is 1. The van der Waals surface area contributed by atoms with E-state index in [-0.39, 0.29) is 6.61 Å². The fraction of sp³-hybridized carbons (Fsp3) is 0.667. The van der Waals surface area contributed by atoms with Gasteiger partial charge in [0.2, 0.25) is 0 Å². The van der Waals surface area contributed by atoms with Crippen LogP contribution in [0.2, 0.25) is 0 Å². The summed E-state index contributed by atoms with van der Waals surface area (Å²) >= 11 is 0. The first-order valence-corrected chi connectivity index (χ1v) is 5.33. The summed E-state index contributed by atoms with van der Waals surface area (Å²) in [5.74, 6) is 0.344. The van der Waals surface area contributed by atoms with Gasteiger partial charge in [0.1, 0.15) is 0 Å². The lowest BCUT2D eigenvalue weighted by Crippen LogP contribution is -2.17. The number of ether oxygens (including phenoxy) is 2. The smallest absolute Gasteiger partial charge is 0.0644 e. The molecule has 15 heavy (non-hydrogen) atoms. The molecule has 0 saturated heterocycles. The largest absolute Gasteiger partial charge is 0.396 e. The van der Waals surface area contributed by atoms with Crippen molar-refractivity contribution >= 4 is 0 Å². The highest BCUT2D eigenvalue weighted by Gasteiger charge is 2.08. The van der Waals surface area contributed by atoms with Gasteiger partial charge < -0.3 is 14.6 Å². The molecule has 0 rings (SSSR count). The zero-order valence-electron chi connectivity index (χ0n) is 9.36. The zero-order chi connectivity index (χ0) is 11.4. The molecule has 0 unspecified atom stereocenters. The van der Waals surface area contributed by atoms with Gasteiger partial charge in [0, 0.05) is 12.5 Å². The Morgan fingerprint density at radius 2 is 1.60 bits per heavy atom. The van der Waals surface area contributed by atoms with Gasteiger partial charge in [0.25, 0.3) is 0 Å². The van der Waals surface area contributed by atoms with Crippen LogP contribution in [0.1, 0.15) is 12.8 Å². The van der Waals surface area contributed by atoms with Crippen molar-refractivity contribution in [2.75, 3.05) is 33.0 Å². The monoisotopic (exact) mass is 214 g/mol. The van der Waals surface area contributed by atoms with E-state index in [1.54, 1.807) is 12.2 Å². The van der Waals surface area contributed by atoms with E-state index in [0.29, 0.717) is 32.3 Å². The van der Waals surface area contributed by atoms with Crippen LogP contribution in [0.3, 0.4) is 0 Å². The summed E-state index contributed by atoms with van der Waals surface area (Å²) in [5.41, 5.74) is 0. The van der Waals surface area contributed by atoms with Crippen LogP contribution < -0.4 is 0 Å². The summed E-state index contributed by atoms with van der Waals surface area (Å²) in [6, 6.07) is 0. The van der Waals surface area contributed by atoms with Gasteiger partial charge in [-0.25, -0.2) is 0 Å². The Morgan fingerprint density at radius 3 is 2.00 bits per heavy atom. The molecular formula is C12H22O3. The number of aliphatic hydroxyl groups is 1. The molecule has 0 atom stereocenters. The third kappa shape index (κ3) is 9.66. The lowest BCUT2D eigenvalue weighted by Gasteiger charge is -2.15. The summed E-state index contributed by atoms with van der Waals surface area (Å²) in [5, 5.41) is 8.74. The van der Waals surface area contributed by atoms with Crippen LogP contribution in [0.5, 0.6) is 0 Å². The average molecular weight is 214 g/mol. The fourth-order valence-corrected chi connectivity index (χ4v) is 1.23. The van der Waals surface area contributed by atoms with Crippen molar-refractivity contribution in [3.8, 4) is 0 Å². The topological polar surface area (TPSA) is 38.7 Å². The van der Waals surface area contributed by atoms with Crippen molar-refractivity contribution in [1.82, 2.24) is 0 Å². The number of aliphatic hydroxyl groups excluding tert-OH is 1. The molecule has 0 heterocycles. The zero-order valence-corrected chi connectivity index (χ0v) is 9.36. The molecule has 0 amide bonds. The van der Waals surface area contributed by atoms with E-state index < -0.39 is 0 Å². The molecule has 0 radical (unpaired) electrons. The Labute approximate surface area is 92.4 Å². The summed E-state index contributed by atoms with van der Waals surface area (Å²) in [7, 11) is 0. The first-order chi connectivity index (χ1) is 7.35. The van der Waals surface area contributed by atoms with E-state index in [1.807, 2.05) is 0 Å². The molecule has 0 aromatic carbocycles. The summed E-state index contributed by atoms with van der Waals surface area (Å²) < 4.78 is 10.7. The fourth-order valence-electron chi connectivity index (χ4n) is 1.23. The normalized spacial score (nSPS) is 10.5. The number of rotatable bonds is 11. The van der Waals surface area contributed by atoms with Gasteiger partial charge >= 0.3 is 0 Å². The molecule has 88 valence electrons. The maximum Gasteiger partial charge on any atom is 0.0644 e. The summed E-state index contributed by atoms with van der Waals surface area (Å²) in [6.07, 6.45) is 5.17. The molecule has 0 fully saturated rings. The molecule has 0 bridgehead atoms. The van der Waals surface area contributed by atoms with E-state index >= 15 is 0 Å². The van der Waals surface area contributed by atoms with Crippen molar-refractivity contribution in [3.63, 3.8) is 0 Å². The minimum absolute atomic E-state index is 0.222. The molecule has 0 aliphatic rings. The first kappa shape index (κ1) is 14.4. The van der Waals surface area contributed by atoms with Crippen molar-refractivity contribution in [2.24, 2.45) is 5.92 Å². The van der Waals surface area contributed by atoms with Crippen LogP contribution in [-0.4, -0.2) is 38.1 Å². The van der Waals surface area contributed by atoms with Gasteiger partial charge in [-0.3, -0.25) is 0 Å². The maximum absolute atomic E-state index is 8.74. The molecule has 0 aliphatic carbocycles. The molecule has 3 nitrogen and oxygen atoms in total. The first-order valence-electron chi connectivity index (χ1n) is 5.33. The number of hydrogen-bond acceptors (Lipinski definition) is 3. The Balaban J connectivity index is 3.61. The van der Waals surface area contributed by atoms with E-state index in [1.165, 1.54) is 0 Å². The van der Waals surface area contributed by atoms with Gasteiger partial charge in [-0.1, -0.05) is 12.2 Å². The van der Waals surface area contributed by atoms with E-state index in [0.717, 1.165) is 12.8 Å². The molecule has 0 spiro atoms.